The van der Waals surface area contributed by atoms with Crippen LogP contribution in [0.25, 0.3) is 0 Å². The van der Waals surface area contributed by atoms with Crippen LogP contribution in [0.1, 0.15) is 54.7 Å². The maximum atomic E-state index is 12.7. The SMILES string of the molecule is CCCN1CCN(C(c2c[c]ccc2)c2ccc(C(=O)N(CC)CC)cc2)CC1. The van der Waals surface area contributed by atoms with Gasteiger partial charge in [-0.1, -0.05) is 37.3 Å². The number of benzene rings is 2. The van der Waals surface area contributed by atoms with E-state index in [2.05, 4.69) is 53.1 Å². The summed E-state index contributed by atoms with van der Waals surface area (Å²) >= 11 is 0. The predicted molar refractivity (Wildman–Crippen MR) is 119 cm³/mol. The molecule has 2 aromatic rings. The van der Waals surface area contributed by atoms with Gasteiger partial charge in [0.1, 0.15) is 0 Å². The topological polar surface area (TPSA) is 26.8 Å². The molecule has 1 amide bonds. The zero-order valence-corrected chi connectivity index (χ0v) is 18.1. The molecule has 1 atom stereocenters. The smallest absolute Gasteiger partial charge is 0.253 e. The molecule has 1 fully saturated rings. The summed E-state index contributed by atoms with van der Waals surface area (Å²) in [5, 5.41) is 0. The number of hydrogen-bond donors (Lipinski definition) is 0. The molecule has 0 aromatic heterocycles. The maximum Gasteiger partial charge on any atom is 0.253 e. The molecule has 0 saturated carbocycles. The molecule has 1 unspecified atom stereocenters. The van der Waals surface area contributed by atoms with Crippen LogP contribution in [0.2, 0.25) is 0 Å². The van der Waals surface area contributed by atoms with Crippen molar-refractivity contribution in [1.82, 2.24) is 14.7 Å². The Morgan fingerprint density at radius 1 is 1.00 bits per heavy atom. The van der Waals surface area contributed by atoms with E-state index in [1.165, 1.54) is 24.1 Å². The van der Waals surface area contributed by atoms with Crippen molar-refractivity contribution in [3.8, 4) is 0 Å². The third-order valence-corrected chi connectivity index (χ3v) is 5.88. The predicted octanol–water partition coefficient (Wildman–Crippen LogP) is 4.09. The lowest BCUT2D eigenvalue weighted by molar-refractivity contribution is 0.0773. The molecule has 1 heterocycles. The number of rotatable bonds is 8. The normalized spacial score (nSPS) is 16.5. The van der Waals surface area contributed by atoms with Crippen LogP contribution in [0.3, 0.4) is 0 Å². The summed E-state index contributed by atoms with van der Waals surface area (Å²) in [5.74, 6) is 0.110. The first kappa shape index (κ1) is 21.5. The Kier molecular flexibility index (Phi) is 7.84. The van der Waals surface area contributed by atoms with Gasteiger partial charge < -0.3 is 9.80 Å². The molecule has 1 radical (unpaired) electrons. The Morgan fingerprint density at radius 2 is 1.69 bits per heavy atom. The number of hydrogen-bond acceptors (Lipinski definition) is 3. The monoisotopic (exact) mass is 392 g/mol. The van der Waals surface area contributed by atoms with E-state index in [0.29, 0.717) is 0 Å². The van der Waals surface area contributed by atoms with E-state index in [9.17, 15) is 4.79 Å². The molecule has 4 heteroatoms. The zero-order chi connectivity index (χ0) is 20.6. The fourth-order valence-electron chi connectivity index (χ4n) is 4.25. The van der Waals surface area contributed by atoms with Gasteiger partial charge in [0, 0.05) is 44.8 Å². The van der Waals surface area contributed by atoms with Gasteiger partial charge >= 0.3 is 0 Å². The Bertz CT molecular complexity index is 747. The number of amides is 1. The van der Waals surface area contributed by atoms with E-state index in [1.54, 1.807) is 0 Å². The van der Waals surface area contributed by atoms with Crippen molar-refractivity contribution < 1.29 is 4.79 Å². The highest BCUT2D eigenvalue weighted by molar-refractivity contribution is 5.94. The zero-order valence-electron chi connectivity index (χ0n) is 18.1. The van der Waals surface area contributed by atoms with E-state index in [4.69, 9.17) is 0 Å². The van der Waals surface area contributed by atoms with Crippen molar-refractivity contribution in [3.05, 3.63) is 71.3 Å². The van der Waals surface area contributed by atoms with Crippen molar-refractivity contribution in [2.75, 3.05) is 45.8 Å². The Balaban J connectivity index is 1.83. The average Bonchev–Trinajstić information content (AvgIpc) is 2.77. The van der Waals surface area contributed by atoms with Crippen molar-refractivity contribution in [2.24, 2.45) is 0 Å². The number of nitrogens with zero attached hydrogens (tertiary/aromatic N) is 3. The van der Waals surface area contributed by atoms with Gasteiger partial charge in [-0.25, -0.2) is 0 Å². The van der Waals surface area contributed by atoms with Crippen LogP contribution in [0, 0.1) is 6.07 Å². The van der Waals surface area contributed by atoms with Gasteiger partial charge in [-0.15, -0.1) is 0 Å². The van der Waals surface area contributed by atoms with Crippen molar-refractivity contribution in [1.29, 1.82) is 0 Å². The molecular formula is C25H34N3O. The summed E-state index contributed by atoms with van der Waals surface area (Å²) in [6.07, 6.45) is 1.21. The molecule has 0 bridgehead atoms. The second-order valence-corrected chi connectivity index (χ2v) is 7.72. The lowest BCUT2D eigenvalue weighted by Crippen LogP contribution is -2.47. The molecule has 0 spiro atoms. The highest BCUT2D eigenvalue weighted by Gasteiger charge is 2.26. The van der Waals surface area contributed by atoms with Gasteiger partial charge in [0.2, 0.25) is 0 Å². The van der Waals surface area contributed by atoms with Crippen LogP contribution in [-0.4, -0.2) is 66.4 Å². The molecule has 155 valence electrons. The minimum Gasteiger partial charge on any atom is -0.339 e. The molecule has 29 heavy (non-hydrogen) atoms. The summed E-state index contributed by atoms with van der Waals surface area (Å²) in [6.45, 7) is 13.3. The van der Waals surface area contributed by atoms with Crippen molar-refractivity contribution in [3.63, 3.8) is 0 Å². The van der Waals surface area contributed by atoms with Crippen LogP contribution in [-0.2, 0) is 0 Å². The van der Waals surface area contributed by atoms with Gasteiger partial charge in [-0.2, -0.15) is 0 Å². The van der Waals surface area contributed by atoms with Crippen molar-refractivity contribution in [2.45, 2.75) is 33.2 Å². The number of carbonyl (C=O) groups is 1. The van der Waals surface area contributed by atoms with Gasteiger partial charge in [-0.3, -0.25) is 9.69 Å². The quantitative estimate of drug-likeness (QED) is 0.677. The summed E-state index contributed by atoms with van der Waals surface area (Å²) in [4.78, 5) is 19.6. The molecule has 0 N–H and O–H groups in total. The third kappa shape index (κ3) is 5.26. The first-order valence-corrected chi connectivity index (χ1v) is 11.0. The maximum absolute atomic E-state index is 12.7. The highest BCUT2D eigenvalue weighted by atomic mass is 16.2. The molecule has 4 nitrogen and oxygen atoms in total. The minimum atomic E-state index is 0.110. The minimum absolute atomic E-state index is 0.110. The van der Waals surface area contributed by atoms with E-state index in [1.807, 2.05) is 36.9 Å². The lowest BCUT2D eigenvalue weighted by atomic mass is 9.95. The largest absolute Gasteiger partial charge is 0.339 e. The number of carbonyl (C=O) groups excluding carboxylic acids is 1. The standard InChI is InChI=1S/C25H34N3O/c1-4-16-26-17-19-28(20-18-26)24(21-10-8-7-9-11-21)22-12-14-23(15-13-22)25(29)27(5-2)6-3/h7-8,10-15,24H,4-6,16-20H2,1-3H3. The lowest BCUT2D eigenvalue weighted by Gasteiger charge is -2.39. The van der Waals surface area contributed by atoms with Crippen LogP contribution < -0.4 is 0 Å². The van der Waals surface area contributed by atoms with Gasteiger partial charge in [0.15, 0.2) is 0 Å². The summed E-state index contributed by atoms with van der Waals surface area (Å²) in [6, 6.07) is 20.0. The molecule has 2 aromatic carbocycles. The number of piperazine rings is 1. The summed E-state index contributed by atoms with van der Waals surface area (Å²) in [7, 11) is 0. The fraction of sp³-hybridized carbons (Fsp3) is 0.480. The average molecular weight is 393 g/mol. The molecule has 1 aliphatic heterocycles. The highest BCUT2D eigenvalue weighted by Crippen LogP contribution is 2.30. The van der Waals surface area contributed by atoms with Crippen LogP contribution in [0.5, 0.6) is 0 Å². The molecule has 1 saturated heterocycles. The molecule has 0 aliphatic carbocycles. The molecule has 3 rings (SSSR count). The van der Waals surface area contributed by atoms with Gasteiger partial charge in [0.25, 0.3) is 5.91 Å². The van der Waals surface area contributed by atoms with Gasteiger partial charge in [-0.05, 0) is 62.2 Å². The molecule has 1 aliphatic rings. The molecular weight excluding hydrogens is 358 g/mol. The fourth-order valence-corrected chi connectivity index (χ4v) is 4.25. The van der Waals surface area contributed by atoms with Crippen LogP contribution in [0.4, 0.5) is 0 Å². The van der Waals surface area contributed by atoms with E-state index in [-0.39, 0.29) is 11.9 Å². The van der Waals surface area contributed by atoms with E-state index in [0.717, 1.165) is 44.8 Å². The van der Waals surface area contributed by atoms with Crippen LogP contribution >= 0.6 is 0 Å². The Labute approximate surface area is 176 Å². The second-order valence-electron chi connectivity index (χ2n) is 7.72. The van der Waals surface area contributed by atoms with Crippen molar-refractivity contribution >= 4 is 5.91 Å². The Hall–Kier alpha value is -2.17. The summed E-state index contributed by atoms with van der Waals surface area (Å²) in [5.41, 5.74) is 3.27. The Morgan fingerprint density at radius 3 is 2.24 bits per heavy atom. The van der Waals surface area contributed by atoms with Gasteiger partial charge in [0.05, 0.1) is 6.04 Å². The van der Waals surface area contributed by atoms with E-state index >= 15 is 0 Å². The van der Waals surface area contributed by atoms with Crippen LogP contribution in [0.15, 0.2) is 48.5 Å². The second kappa shape index (κ2) is 10.6. The summed E-state index contributed by atoms with van der Waals surface area (Å²) < 4.78 is 0. The first-order chi connectivity index (χ1) is 14.2. The first-order valence-electron chi connectivity index (χ1n) is 11.0. The third-order valence-electron chi connectivity index (χ3n) is 5.88. The van der Waals surface area contributed by atoms with E-state index < -0.39 is 0 Å².